The van der Waals surface area contributed by atoms with E-state index in [0.717, 1.165) is 50.6 Å². The molecule has 0 spiro atoms. The van der Waals surface area contributed by atoms with Gasteiger partial charge in [0, 0.05) is 26.3 Å². The molecule has 0 aliphatic carbocycles. The molecular weight excluding hydrogens is 420 g/mol. The van der Waals surface area contributed by atoms with E-state index in [1.165, 1.54) is 77.5 Å². The van der Waals surface area contributed by atoms with Crippen molar-refractivity contribution in [3.8, 4) is 0 Å². The van der Waals surface area contributed by atoms with Crippen molar-refractivity contribution >= 4 is 21.2 Å². The first-order valence-electron chi connectivity index (χ1n) is 13.4. The highest BCUT2D eigenvalue weighted by atomic mass is 32.1. The fourth-order valence-electron chi connectivity index (χ4n) is 3.83. The molecule has 0 aliphatic heterocycles. The van der Waals surface area contributed by atoms with E-state index in [-0.39, 0.29) is 0 Å². The van der Waals surface area contributed by atoms with E-state index in [1.807, 2.05) is 0 Å². The summed E-state index contributed by atoms with van der Waals surface area (Å²) in [6.07, 6.45) is 11.2. The van der Waals surface area contributed by atoms with Crippen LogP contribution in [0.1, 0.15) is 92.4 Å². The van der Waals surface area contributed by atoms with Gasteiger partial charge in [0.1, 0.15) is 0 Å². The van der Waals surface area contributed by atoms with Crippen molar-refractivity contribution in [3.05, 3.63) is 0 Å². The van der Waals surface area contributed by atoms with Gasteiger partial charge in [-0.3, -0.25) is 0 Å². The molecular formula is C25H56N2O2SSi. The minimum Gasteiger partial charge on any atom is -0.393 e. The lowest BCUT2D eigenvalue weighted by Crippen LogP contribution is -2.45. The van der Waals surface area contributed by atoms with E-state index in [1.54, 1.807) is 0 Å². The number of hydrogen-bond donors (Lipinski definition) is 1. The molecule has 0 fully saturated rings. The molecule has 31 heavy (non-hydrogen) atoms. The molecule has 4 nitrogen and oxygen atoms in total. The average molecular weight is 477 g/mol. The summed E-state index contributed by atoms with van der Waals surface area (Å²) in [5.74, 6) is 0.916. The highest BCUT2D eigenvalue weighted by Gasteiger charge is 2.35. The molecule has 0 radical (unpaired) electrons. The molecule has 188 valence electrons. The lowest BCUT2D eigenvalue weighted by molar-refractivity contribution is 0.124. The topological polar surface area (TPSA) is 24.9 Å². The summed E-state index contributed by atoms with van der Waals surface area (Å²) >= 11 is 4.47. The third kappa shape index (κ3) is 16.6. The first-order valence-corrected chi connectivity index (χ1v) is 16.3. The van der Waals surface area contributed by atoms with Crippen LogP contribution in [0.25, 0.3) is 0 Å². The Morgan fingerprint density at radius 1 is 0.581 bits per heavy atom. The molecule has 0 bridgehead atoms. The molecule has 0 aliphatic rings. The molecule has 6 heteroatoms. The van der Waals surface area contributed by atoms with Crippen molar-refractivity contribution in [2.45, 2.75) is 104 Å². The van der Waals surface area contributed by atoms with Crippen molar-refractivity contribution in [1.29, 1.82) is 0 Å². The van der Waals surface area contributed by atoms with Crippen LogP contribution in [0.15, 0.2) is 0 Å². The van der Waals surface area contributed by atoms with E-state index in [4.69, 9.17) is 8.85 Å². The summed E-state index contributed by atoms with van der Waals surface area (Å²) < 4.78 is 13.3. The lowest BCUT2D eigenvalue weighted by Gasteiger charge is -2.32. The first kappa shape index (κ1) is 31.4. The van der Waals surface area contributed by atoms with Crippen LogP contribution in [0.2, 0.25) is 12.1 Å². The summed E-state index contributed by atoms with van der Waals surface area (Å²) in [5, 5.41) is 0. The summed E-state index contributed by atoms with van der Waals surface area (Å²) in [4.78, 5) is 5.19. The number of hydrogen-bond acceptors (Lipinski definition) is 5. The molecule has 0 rings (SSSR count). The predicted molar refractivity (Wildman–Crippen MR) is 144 cm³/mol. The molecule has 0 saturated carbocycles. The van der Waals surface area contributed by atoms with Gasteiger partial charge in [-0.05, 0) is 76.1 Å². The van der Waals surface area contributed by atoms with E-state index in [9.17, 15) is 0 Å². The number of unbranched alkanes of at least 4 members (excludes halogenated alkanes) is 4. The van der Waals surface area contributed by atoms with E-state index in [2.05, 4.69) is 57.0 Å². The van der Waals surface area contributed by atoms with Crippen LogP contribution in [0.5, 0.6) is 0 Å². The normalized spacial score (nSPS) is 12.4. The Labute approximate surface area is 202 Å². The van der Waals surface area contributed by atoms with Gasteiger partial charge in [-0.2, -0.15) is 12.6 Å². The quantitative estimate of drug-likeness (QED) is 0.125. The van der Waals surface area contributed by atoms with E-state index in [0.29, 0.717) is 0 Å². The van der Waals surface area contributed by atoms with Gasteiger partial charge >= 0.3 is 8.56 Å². The summed E-state index contributed by atoms with van der Waals surface area (Å²) in [6.45, 7) is 19.9. The van der Waals surface area contributed by atoms with Crippen molar-refractivity contribution in [1.82, 2.24) is 9.80 Å². The van der Waals surface area contributed by atoms with Crippen LogP contribution < -0.4 is 0 Å². The monoisotopic (exact) mass is 476 g/mol. The Kier molecular flexibility index (Phi) is 22.5. The zero-order valence-electron chi connectivity index (χ0n) is 21.8. The molecule has 0 amide bonds. The van der Waals surface area contributed by atoms with Crippen LogP contribution in [-0.2, 0) is 8.85 Å². The van der Waals surface area contributed by atoms with Crippen molar-refractivity contribution < 1.29 is 8.85 Å². The largest absolute Gasteiger partial charge is 0.393 e. The van der Waals surface area contributed by atoms with E-state index < -0.39 is 8.56 Å². The van der Waals surface area contributed by atoms with Gasteiger partial charge in [0.15, 0.2) is 0 Å². The zero-order valence-corrected chi connectivity index (χ0v) is 23.7. The summed E-state index contributed by atoms with van der Waals surface area (Å²) in [6, 6.07) is 2.11. The fourth-order valence-corrected chi connectivity index (χ4v) is 7.07. The second-order valence-electron chi connectivity index (χ2n) is 8.89. The standard InChI is InChI=1S/C25H56N2O2SSi/c1-6-11-16-26(17-12-7-2)20-22-28-31(10-5,25-15-24-30)29-23-21-27(18-13-8-3)19-14-9-4/h30H,6-25H2,1-5H3. The van der Waals surface area contributed by atoms with Gasteiger partial charge < -0.3 is 18.7 Å². The zero-order chi connectivity index (χ0) is 23.2. The Balaban J connectivity index is 4.75. The maximum absolute atomic E-state index is 6.64. The lowest BCUT2D eigenvalue weighted by atomic mass is 10.2. The highest BCUT2D eigenvalue weighted by Crippen LogP contribution is 2.22. The molecule has 0 aromatic carbocycles. The van der Waals surface area contributed by atoms with Gasteiger partial charge in [0.2, 0.25) is 0 Å². The second kappa shape index (κ2) is 22.2. The van der Waals surface area contributed by atoms with Crippen molar-refractivity contribution in [3.63, 3.8) is 0 Å². The molecule has 0 aromatic rings. The maximum atomic E-state index is 6.64. The average Bonchev–Trinajstić information content (AvgIpc) is 2.79. The van der Waals surface area contributed by atoms with Gasteiger partial charge in [-0.25, -0.2) is 0 Å². The fraction of sp³-hybridized carbons (Fsp3) is 1.00. The summed E-state index contributed by atoms with van der Waals surface area (Å²) in [7, 11) is -2.15. The Hall–Kier alpha value is 0.407. The van der Waals surface area contributed by atoms with Crippen molar-refractivity contribution in [2.75, 3.05) is 58.2 Å². The van der Waals surface area contributed by atoms with Crippen LogP contribution in [0, 0.1) is 0 Å². The summed E-state index contributed by atoms with van der Waals surface area (Å²) in [5.41, 5.74) is 0. The van der Waals surface area contributed by atoms with E-state index >= 15 is 0 Å². The minimum absolute atomic E-state index is 0.815. The molecule has 0 N–H and O–H groups in total. The van der Waals surface area contributed by atoms with Crippen LogP contribution >= 0.6 is 12.6 Å². The van der Waals surface area contributed by atoms with Crippen LogP contribution in [0.3, 0.4) is 0 Å². The molecule has 0 aromatic heterocycles. The van der Waals surface area contributed by atoms with Crippen LogP contribution in [-0.4, -0.2) is 76.6 Å². The number of thiol groups is 1. The second-order valence-corrected chi connectivity index (χ2v) is 12.9. The smallest absolute Gasteiger partial charge is 0.337 e. The van der Waals surface area contributed by atoms with Gasteiger partial charge in [0.05, 0.1) is 0 Å². The maximum Gasteiger partial charge on any atom is 0.337 e. The molecule has 0 unspecified atom stereocenters. The Bertz CT molecular complexity index is 335. The van der Waals surface area contributed by atoms with Crippen molar-refractivity contribution in [2.24, 2.45) is 0 Å². The predicted octanol–water partition coefficient (Wildman–Crippen LogP) is 6.61. The van der Waals surface area contributed by atoms with Gasteiger partial charge in [-0.15, -0.1) is 0 Å². The highest BCUT2D eigenvalue weighted by molar-refractivity contribution is 7.80. The van der Waals surface area contributed by atoms with Gasteiger partial charge in [0.25, 0.3) is 0 Å². The Morgan fingerprint density at radius 2 is 0.968 bits per heavy atom. The molecule has 0 heterocycles. The Morgan fingerprint density at radius 3 is 1.26 bits per heavy atom. The third-order valence-corrected chi connectivity index (χ3v) is 10.1. The number of rotatable bonds is 24. The molecule has 0 atom stereocenters. The third-order valence-electron chi connectivity index (χ3n) is 6.11. The first-order chi connectivity index (χ1) is 15.1. The minimum atomic E-state index is -2.15. The molecule has 0 saturated heterocycles. The number of nitrogens with zero attached hydrogens (tertiary/aromatic N) is 2. The SMILES string of the molecule is CCCCN(CCCC)CCO[Si](CC)(CCCS)OCCN(CCCC)CCCC. The van der Waals surface area contributed by atoms with Crippen LogP contribution in [0.4, 0.5) is 0 Å². The van der Waals surface area contributed by atoms with Gasteiger partial charge in [-0.1, -0.05) is 60.3 Å².